The van der Waals surface area contributed by atoms with Gasteiger partial charge in [0.2, 0.25) is 5.91 Å². The number of hydrogen-bond acceptors (Lipinski definition) is 3. The molecule has 0 unspecified atom stereocenters. The first-order chi connectivity index (χ1) is 8.53. The third kappa shape index (κ3) is 3.55. The molecule has 0 radical (unpaired) electrons. The predicted molar refractivity (Wildman–Crippen MR) is 75.4 cm³/mol. The maximum Gasteiger partial charge on any atom is 0.233 e. The van der Waals surface area contributed by atoms with Crippen LogP contribution in [0.2, 0.25) is 0 Å². The van der Waals surface area contributed by atoms with Crippen molar-refractivity contribution in [3.63, 3.8) is 0 Å². The van der Waals surface area contributed by atoms with Gasteiger partial charge in [0.1, 0.15) is 0 Å². The van der Waals surface area contributed by atoms with Gasteiger partial charge in [0.15, 0.2) is 0 Å². The molecule has 0 spiro atoms. The number of nitrogens with zero attached hydrogens (tertiary/aromatic N) is 3. The first kappa shape index (κ1) is 15.2. The zero-order valence-electron chi connectivity index (χ0n) is 11.5. The van der Waals surface area contributed by atoms with Crippen molar-refractivity contribution in [2.45, 2.75) is 33.4 Å². The second-order valence-corrected chi connectivity index (χ2v) is 5.02. The minimum absolute atomic E-state index is 0.0203. The molecule has 18 heavy (non-hydrogen) atoms. The Kier molecular flexibility index (Phi) is 5.81. The molecule has 0 aliphatic carbocycles. The maximum absolute atomic E-state index is 11.3. The molecule has 6 heteroatoms. The molecule has 0 saturated carbocycles. The molecular weight excluding hydrogens is 296 g/mol. The number of likely N-dealkylation sites (N-methyl/N-ethyl adjacent to an activating group) is 2. The normalized spacial score (nSPS) is 11.0. The van der Waals surface area contributed by atoms with E-state index in [4.69, 9.17) is 0 Å². The van der Waals surface area contributed by atoms with Crippen LogP contribution in [0.4, 0.5) is 0 Å². The van der Waals surface area contributed by atoms with E-state index in [0.717, 1.165) is 28.8 Å². The van der Waals surface area contributed by atoms with Gasteiger partial charge in [-0.2, -0.15) is 5.10 Å². The molecule has 1 amide bonds. The van der Waals surface area contributed by atoms with Crippen LogP contribution in [0.1, 0.15) is 25.2 Å². The molecule has 0 fully saturated rings. The Morgan fingerprint density at radius 2 is 2.17 bits per heavy atom. The van der Waals surface area contributed by atoms with E-state index < -0.39 is 0 Å². The van der Waals surface area contributed by atoms with Crippen LogP contribution >= 0.6 is 15.9 Å². The van der Waals surface area contributed by atoms with Gasteiger partial charge in [0.05, 0.1) is 22.4 Å². The van der Waals surface area contributed by atoms with E-state index in [1.165, 1.54) is 0 Å². The molecule has 1 N–H and O–H groups in total. The standard InChI is InChI=1S/C12H21BrN4O/c1-5-9-12(13)10(17(6-2)15-9)7-16(4)8-11(18)14-3/h5-8H2,1-4H3,(H,14,18). The van der Waals surface area contributed by atoms with E-state index in [0.29, 0.717) is 13.1 Å². The van der Waals surface area contributed by atoms with Gasteiger partial charge in [-0.15, -0.1) is 0 Å². The molecular formula is C12H21BrN4O. The Balaban J connectivity index is 2.82. The highest BCUT2D eigenvalue weighted by Crippen LogP contribution is 2.23. The van der Waals surface area contributed by atoms with Crippen LogP contribution in [0.25, 0.3) is 0 Å². The van der Waals surface area contributed by atoms with E-state index in [2.05, 4.69) is 40.2 Å². The van der Waals surface area contributed by atoms with Crippen molar-refractivity contribution in [3.8, 4) is 0 Å². The molecule has 102 valence electrons. The number of rotatable bonds is 6. The van der Waals surface area contributed by atoms with Crippen molar-refractivity contribution in [2.24, 2.45) is 0 Å². The van der Waals surface area contributed by atoms with Crippen LogP contribution in [-0.2, 0) is 24.3 Å². The molecule has 5 nitrogen and oxygen atoms in total. The molecule has 1 aromatic heterocycles. The largest absolute Gasteiger partial charge is 0.358 e. The third-order valence-electron chi connectivity index (χ3n) is 2.81. The first-order valence-corrected chi connectivity index (χ1v) is 6.95. The summed E-state index contributed by atoms with van der Waals surface area (Å²) in [6.07, 6.45) is 0.903. The topological polar surface area (TPSA) is 50.2 Å². The zero-order chi connectivity index (χ0) is 13.7. The molecule has 1 rings (SSSR count). The second kappa shape index (κ2) is 6.89. The van der Waals surface area contributed by atoms with Gasteiger partial charge in [-0.05, 0) is 36.3 Å². The molecule has 0 aromatic carbocycles. The monoisotopic (exact) mass is 316 g/mol. The minimum atomic E-state index is 0.0203. The molecule has 0 saturated heterocycles. The van der Waals surface area contributed by atoms with Crippen LogP contribution in [0.3, 0.4) is 0 Å². The van der Waals surface area contributed by atoms with E-state index >= 15 is 0 Å². The summed E-state index contributed by atoms with van der Waals surface area (Å²) in [5.41, 5.74) is 2.20. The Labute approximate surface area is 117 Å². The number of carbonyl (C=O) groups excluding carboxylic acids is 1. The highest BCUT2D eigenvalue weighted by molar-refractivity contribution is 9.10. The van der Waals surface area contributed by atoms with Gasteiger partial charge >= 0.3 is 0 Å². The second-order valence-electron chi connectivity index (χ2n) is 4.22. The summed E-state index contributed by atoms with van der Waals surface area (Å²) in [5, 5.41) is 7.17. The number of amides is 1. The van der Waals surface area contributed by atoms with Crippen molar-refractivity contribution < 1.29 is 4.79 Å². The molecule has 1 aromatic rings. The average molecular weight is 317 g/mol. The maximum atomic E-state index is 11.3. The highest BCUT2D eigenvalue weighted by atomic mass is 79.9. The minimum Gasteiger partial charge on any atom is -0.358 e. The Bertz CT molecular complexity index is 416. The van der Waals surface area contributed by atoms with Crippen LogP contribution in [0.5, 0.6) is 0 Å². The van der Waals surface area contributed by atoms with Crippen molar-refractivity contribution in [1.29, 1.82) is 0 Å². The van der Waals surface area contributed by atoms with Crippen LogP contribution in [-0.4, -0.2) is 41.2 Å². The molecule has 1 heterocycles. The van der Waals surface area contributed by atoms with Crippen molar-refractivity contribution in [2.75, 3.05) is 20.6 Å². The van der Waals surface area contributed by atoms with Crippen molar-refractivity contribution in [3.05, 3.63) is 15.9 Å². The number of aromatic nitrogens is 2. The third-order valence-corrected chi connectivity index (χ3v) is 3.72. The fourth-order valence-electron chi connectivity index (χ4n) is 1.80. The molecule has 0 aliphatic heterocycles. The highest BCUT2D eigenvalue weighted by Gasteiger charge is 2.16. The van der Waals surface area contributed by atoms with Gasteiger partial charge in [-0.1, -0.05) is 6.92 Å². The Hall–Kier alpha value is -0.880. The van der Waals surface area contributed by atoms with Gasteiger partial charge in [-0.3, -0.25) is 14.4 Å². The number of nitrogens with one attached hydrogen (secondary N) is 1. The fourth-order valence-corrected chi connectivity index (χ4v) is 2.49. The molecule has 0 aliphatic rings. The first-order valence-electron chi connectivity index (χ1n) is 6.16. The lowest BCUT2D eigenvalue weighted by Gasteiger charge is -2.16. The van der Waals surface area contributed by atoms with E-state index in [1.54, 1.807) is 7.05 Å². The lowest BCUT2D eigenvalue weighted by atomic mass is 10.3. The summed E-state index contributed by atoms with van der Waals surface area (Å²) in [7, 11) is 3.58. The van der Waals surface area contributed by atoms with Gasteiger partial charge in [0, 0.05) is 20.1 Å². The summed E-state index contributed by atoms with van der Waals surface area (Å²) < 4.78 is 3.05. The predicted octanol–water partition coefficient (Wildman–Crippen LogP) is 1.41. The Morgan fingerprint density at radius 3 is 2.67 bits per heavy atom. The van der Waals surface area contributed by atoms with Crippen molar-refractivity contribution >= 4 is 21.8 Å². The van der Waals surface area contributed by atoms with Crippen molar-refractivity contribution in [1.82, 2.24) is 20.0 Å². The molecule has 0 bridgehead atoms. The Morgan fingerprint density at radius 1 is 1.50 bits per heavy atom. The molecule has 0 atom stereocenters. The van der Waals surface area contributed by atoms with Crippen LogP contribution in [0, 0.1) is 0 Å². The van der Waals surface area contributed by atoms with E-state index in [1.807, 2.05) is 16.6 Å². The van der Waals surface area contributed by atoms with E-state index in [-0.39, 0.29) is 5.91 Å². The number of hydrogen-bond donors (Lipinski definition) is 1. The number of aryl methyl sites for hydroxylation is 2. The summed E-state index contributed by atoms with van der Waals surface area (Å²) in [5.74, 6) is 0.0203. The number of halogens is 1. The summed E-state index contributed by atoms with van der Waals surface area (Å²) >= 11 is 3.60. The summed E-state index contributed by atoms with van der Waals surface area (Å²) in [6.45, 7) is 6.09. The average Bonchev–Trinajstić information content (AvgIpc) is 2.66. The zero-order valence-corrected chi connectivity index (χ0v) is 13.0. The number of carbonyl (C=O) groups is 1. The van der Waals surface area contributed by atoms with Crippen LogP contribution < -0.4 is 5.32 Å². The summed E-state index contributed by atoms with van der Waals surface area (Å²) in [6, 6.07) is 0. The lowest BCUT2D eigenvalue weighted by molar-refractivity contribution is -0.121. The van der Waals surface area contributed by atoms with Gasteiger partial charge < -0.3 is 5.32 Å². The SMILES string of the molecule is CCc1nn(CC)c(CN(C)CC(=O)NC)c1Br. The lowest BCUT2D eigenvalue weighted by Crippen LogP contribution is -2.33. The van der Waals surface area contributed by atoms with Crippen LogP contribution in [0.15, 0.2) is 4.47 Å². The summed E-state index contributed by atoms with van der Waals surface area (Å²) in [4.78, 5) is 13.3. The fraction of sp³-hybridized carbons (Fsp3) is 0.667. The van der Waals surface area contributed by atoms with E-state index in [9.17, 15) is 4.79 Å². The quantitative estimate of drug-likeness (QED) is 0.863. The van der Waals surface area contributed by atoms with Gasteiger partial charge in [0.25, 0.3) is 0 Å². The smallest absolute Gasteiger partial charge is 0.233 e. The van der Waals surface area contributed by atoms with Gasteiger partial charge in [-0.25, -0.2) is 0 Å².